The van der Waals surface area contributed by atoms with Gasteiger partial charge in [-0.05, 0) is 25.4 Å². The quantitative estimate of drug-likeness (QED) is 0.514. The summed E-state index contributed by atoms with van der Waals surface area (Å²) >= 11 is 0. The van der Waals surface area contributed by atoms with Crippen LogP contribution in [-0.4, -0.2) is 25.2 Å². The predicted octanol–water partition coefficient (Wildman–Crippen LogP) is 3.82. The molecule has 1 rings (SSSR count). The summed E-state index contributed by atoms with van der Waals surface area (Å²) in [6, 6.07) is 10.2. The van der Waals surface area contributed by atoms with Gasteiger partial charge in [0, 0.05) is 12.2 Å². The molecule has 2 nitrogen and oxygen atoms in total. The van der Waals surface area contributed by atoms with Gasteiger partial charge in [-0.15, -0.1) is 0 Å². The molecule has 1 aromatic rings. The van der Waals surface area contributed by atoms with Gasteiger partial charge in [0.05, 0.1) is 6.67 Å². The lowest BCUT2D eigenvalue weighted by atomic mass is 10.3. The van der Waals surface area contributed by atoms with E-state index in [1.807, 2.05) is 42.6 Å². The fourth-order valence-electron chi connectivity index (χ4n) is 1.64. The van der Waals surface area contributed by atoms with Crippen LogP contribution in [0.2, 0.25) is 0 Å². The largest absolute Gasteiger partial charge is 0.335 e. The predicted molar refractivity (Wildman–Crippen MR) is 85.1 cm³/mol. The van der Waals surface area contributed by atoms with Crippen molar-refractivity contribution in [3.63, 3.8) is 0 Å². The van der Waals surface area contributed by atoms with Crippen molar-refractivity contribution in [3.05, 3.63) is 80.1 Å². The molecule has 0 radical (unpaired) electrons. The molecule has 0 unspecified atom stereocenters. The maximum atomic E-state index is 3.87. The van der Waals surface area contributed by atoms with Crippen molar-refractivity contribution in [1.82, 2.24) is 4.90 Å². The molecular formula is C17H22N2. The zero-order valence-corrected chi connectivity index (χ0v) is 11.6. The molecule has 0 atom stereocenters. The average Bonchev–Trinajstić information content (AvgIpc) is 2.45. The minimum atomic E-state index is 0.809. The third-order valence-corrected chi connectivity index (χ3v) is 2.61. The van der Waals surface area contributed by atoms with Gasteiger partial charge < -0.3 is 4.90 Å². The standard InChI is InChI=1S/C17H22N2/c1-4-6-7-8-12-15-18(3)16-19(5-2)17-13-10-9-11-14-17/h4-14H,1-2,15-16H2,3H3/b7-6-,12-8-. The van der Waals surface area contributed by atoms with Crippen molar-refractivity contribution in [2.75, 3.05) is 25.2 Å². The minimum absolute atomic E-state index is 0.809. The molecule has 100 valence electrons. The molecule has 0 spiro atoms. The molecular weight excluding hydrogens is 232 g/mol. The van der Waals surface area contributed by atoms with Crippen LogP contribution in [0.3, 0.4) is 0 Å². The molecule has 0 heterocycles. The highest BCUT2D eigenvalue weighted by molar-refractivity contribution is 5.48. The van der Waals surface area contributed by atoms with Crippen molar-refractivity contribution in [1.29, 1.82) is 0 Å². The van der Waals surface area contributed by atoms with Crippen molar-refractivity contribution in [3.8, 4) is 0 Å². The lowest BCUT2D eigenvalue weighted by Crippen LogP contribution is -2.32. The van der Waals surface area contributed by atoms with Gasteiger partial charge in [0.25, 0.3) is 0 Å². The second-order valence-electron chi connectivity index (χ2n) is 4.22. The molecule has 0 aromatic heterocycles. The molecule has 1 aromatic carbocycles. The van der Waals surface area contributed by atoms with E-state index in [9.17, 15) is 0 Å². The Kier molecular flexibility index (Phi) is 7.06. The van der Waals surface area contributed by atoms with Gasteiger partial charge in [-0.1, -0.05) is 61.7 Å². The van der Waals surface area contributed by atoms with E-state index in [0.717, 1.165) is 18.9 Å². The maximum Gasteiger partial charge on any atom is 0.0750 e. The van der Waals surface area contributed by atoms with Crippen molar-refractivity contribution in [2.45, 2.75) is 0 Å². The van der Waals surface area contributed by atoms with E-state index in [-0.39, 0.29) is 0 Å². The molecule has 0 amide bonds. The first-order valence-corrected chi connectivity index (χ1v) is 6.35. The molecule has 0 saturated heterocycles. The Labute approximate surface area is 116 Å². The summed E-state index contributed by atoms with van der Waals surface area (Å²) in [6.45, 7) is 9.19. The summed E-state index contributed by atoms with van der Waals surface area (Å²) in [4.78, 5) is 4.33. The van der Waals surface area contributed by atoms with Gasteiger partial charge >= 0.3 is 0 Å². The van der Waals surface area contributed by atoms with Crippen molar-refractivity contribution >= 4 is 5.69 Å². The summed E-state index contributed by atoms with van der Waals surface area (Å²) in [5.74, 6) is 0. The van der Waals surface area contributed by atoms with Crippen LogP contribution < -0.4 is 4.90 Å². The highest BCUT2D eigenvalue weighted by atomic mass is 15.3. The average molecular weight is 254 g/mol. The molecule has 0 fully saturated rings. The Hall–Kier alpha value is -2.06. The lowest BCUT2D eigenvalue weighted by molar-refractivity contribution is 0.378. The van der Waals surface area contributed by atoms with Crippen LogP contribution in [0.25, 0.3) is 0 Å². The van der Waals surface area contributed by atoms with Crippen molar-refractivity contribution < 1.29 is 0 Å². The topological polar surface area (TPSA) is 6.48 Å². The van der Waals surface area contributed by atoms with Crippen molar-refractivity contribution in [2.24, 2.45) is 0 Å². The molecule has 0 aliphatic carbocycles. The summed E-state index contributed by atoms with van der Waals surface area (Å²) in [7, 11) is 2.08. The molecule has 0 N–H and O–H groups in total. The first-order chi connectivity index (χ1) is 9.27. The smallest absolute Gasteiger partial charge is 0.0750 e. The Balaban J connectivity index is 2.48. The SMILES string of the molecule is C=C/C=C\C=C/CN(C)CN(C=C)c1ccccc1. The third-order valence-electron chi connectivity index (χ3n) is 2.61. The van der Waals surface area contributed by atoms with E-state index >= 15 is 0 Å². The van der Waals surface area contributed by atoms with E-state index in [0.29, 0.717) is 0 Å². The van der Waals surface area contributed by atoms with E-state index < -0.39 is 0 Å². The normalized spacial score (nSPS) is 11.3. The zero-order valence-electron chi connectivity index (χ0n) is 11.6. The number of para-hydroxylation sites is 1. The van der Waals surface area contributed by atoms with Gasteiger partial charge in [0.2, 0.25) is 0 Å². The van der Waals surface area contributed by atoms with Crippen LogP contribution in [0, 0.1) is 0 Å². The number of allylic oxidation sites excluding steroid dienone is 4. The van der Waals surface area contributed by atoms with Gasteiger partial charge in [-0.2, -0.15) is 0 Å². The molecule has 0 aliphatic heterocycles. The Morgan fingerprint density at radius 2 is 1.79 bits per heavy atom. The number of nitrogens with zero attached hydrogens (tertiary/aromatic N) is 2. The molecule has 0 aliphatic rings. The van der Waals surface area contributed by atoms with E-state index in [4.69, 9.17) is 0 Å². The van der Waals surface area contributed by atoms with Crippen LogP contribution in [-0.2, 0) is 0 Å². The first kappa shape index (κ1) is 15.0. The monoisotopic (exact) mass is 254 g/mol. The Morgan fingerprint density at radius 1 is 1.05 bits per heavy atom. The zero-order chi connectivity index (χ0) is 13.9. The highest BCUT2D eigenvalue weighted by Crippen LogP contribution is 2.13. The van der Waals surface area contributed by atoms with Crippen LogP contribution in [0.15, 0.2) is 80.1 Å². The van der Waals surface area contributed by atoms with E-state index in [2.05, 4.69) is 48.2 Å². The Bertz CT molecular complexity index is 432. The van der Waals surface area contributed by atoms with Gasteiger partial charge in [0.15, 0.2) is 0 Å². The lowest BCUT2D eigenvalue weighted by Gasteiger charge is -2.25. The fourth-order valence-corrected chi connectivity index (χ4v) is 1.64. The van der Waals surface area contributed by atoms with Gasteiger partial charge in [0.1, 0.15) is 0 Å². The van der Waals surface area contributed by atoms with Gasteiger partial charge in [-0.3, -0.25) is 4.90 Å². The third kappa shape index (κ3) is 5.89. The first-order valence-electron chi connectivity index (χ1n) is 6.35. The van der Waals surface area contributed by atoms with E-state index in [1.54, 1.807) is 6.08 Å². The van der Waals surface area contributed by atoms with E-state index in [1.165, 1.54) is 0 Å². The second kappa shape index (κ2) is 8.95. The Morgan fingerprint density at radius 3 is 2.42 bits per heavy atom. The highest BCUT2D eigenvalue weighted by Gasteiger charge is 2.04. The number of benzene rings is 1. The summed E-state index contributed by atoms with van der Waals surface area (Å²) < 4.78 is 0. The van der Waals surface area contributed by atoms with Gasteiger partial charge in [-0.25, -0.2) is 0 Å². The molecule has 0 saturated carbocycles. The van der Waals surface area contributed by atoms with Crippen LogP contribution in [0.1, 0.15) is 0 Å². The number of hydrogen-bond acceptors (Lipinski definition) is 2. The van der Waals surface area contributed by atoms with Crippen LogP contribution >= 0.6 is 0 Å². The maximum absolute atomic E-state index is 3.87. The van der Waals surface area contributed by atoms with Crippen LogP contribution in [0.5, 0.6) is 0 Å². The number of anilines is 1. The summed E-state index contributed by atoms with van der Waals surface area (Å²) in [5, 5.41) is 0. The van der Waals surface area contributed by atoms with Crippen LogP contribution in [0.4, 0.5) is 5.69 Å². The molecule has 0 bridgehead atoms. The summed E-state index contributed by atoms with van der Waals surface area (Å²) in [6.07, 6.45) is 11.7. The minimum Gasteiger partial charge on any atom is -0.335 e. The second-order valence-corrected chi connectivity index (χ2v) is 4.22. The molecule has 19 heavy (non-hydrogen) atoms. The summed E-state index contributed by atoms with van der Waals surface area (Å²) in [5.41, 5.74) is 1.15. The molecule has 2 heteroatoms. The number of rotatable bonds is 8. The number of likely N-dealkylation sites (N-methyl/N-ethyl adjacent to an activating group) is 1. The fraction of sp³-hybridized carbons (Fsp3) is 0.176. The number of hydrogen-bond donors (Lipinski definition) is 0.